The molecule has 0 aromatic carbocycles. The molecule has 0 unspecified atom stereocenters. The maximum absolute atomic E-state index is 11.6. The highest BCUT2D eigenvalue weighted by Gasteiger charge is 2.20. The number of halogens is 3. The fraction of sp³-hybridized carbons (Fsp3) is 0.857. The number of amides is 2. The maximum atomic E-state index is 11.6. The fourth-order valence-corrected chi connectivity index (χ4v) is 1.49. The van der Waals surface area contributed by atoms with Crippen LogP contribution >= 0.6 is 34.8 Å². The quantitative estimate of drug-likeness (QED) is 0.406. The van der Waals surface area contributed by atoms with Crippen LogP contribution in [0, 0.1) is 4.91 Å². The lowest BCUT2D eigenvalue weighted by Crippen LogP contribution is -2.43. The van der Waals surface area contributed by atoms with Gasteiger partial charge in [-0.3, -0.25) is 0 Å². The van der Waals surface area contributed by atoms with Crippen LogP contribution < -0.4 is 0 Å². The molecule has 0 heterocycles. The summed E-state index contributed by atoms with van der Waals surface area (Å²) in [4.78, 5) is 23.3. The zero-order valence-corrected chi connectivity index (χ0v) is 10.3. The van der Waals surface area contributed by atoms with Crippen LogP contribution in [0.15, 0.2) is 5.29 Å². The summed E-state index contributed by atoms with van der Waals surface area (Å²) in [6.45, 7) is 0.716. The summed E-state index contributed by atoms with van der Waals surface area (Å²) in [5.74, 6) is 0.694. The lowest BCUT2D eigenvalue weighted by Gasteiger charge is -2.24. The Labute approximate surface area is 103 Å². The molecule has 0 fully saturated rings. The highest BCUT2D eigenvalue weighted by molar-refractivity contribution is 6.18. The minimum Gasteiger partial charge on any atom is -0.321 e. The second-order valence-electron chi connectivity index (χ2n) is 2.54. The zero-order valence-electron chi connectivity index (χ0n) is 8.03. The minimum absolute atomic E-state index is 0.0744. The van der Waals surface area contributed by atoms with E-state index in [0.717, 1.165) is 5.01 Å². The molecule has 0 N–H and O–H groups in total. The van der Waals surface area contributed by atoms with Crippen molar-refractivity contribution < 1.29 is 4.79 Å². The van der Waals surface area contributed by atoms with Gasteiger partial charge in [0.1, 0.15) is 0 Å². The van der Waals surface area contributed by atoms with Crippen LogP contribution in [0.25, 0.3) is 0 Å². The number of rotatable bonds is 7. The van der Waals surface area contributed by atoms with Gasteiger partial charge in [-0.2, -0.15) is 5.01 Å². The summed E-state index contributed by atoms with van der Waals surface area (Å²) in [5, 5.41) is 3.34. The van der Waals surface area contributed by atoms with Gasteiger partial charge in [0.05, 0.1) is 11.8 Å². The van der Waals surface area contributed by atoms with Gasteiger partial charge >= 0.3 is 6.03 Å². The van der Waals surface area contributed by atoms with Crippen LogP contribution in [0.3, 0.4) is 0 Å². The Balaban J connectivity index is 4.36. The molecule has 2 amide bonds. The van der Waals surface area contributed by atoms with E-state index in [4.69, 9.17) is 34.8 Å². The smallest absolute Gasteiger partial charge is 0.321 e. The normalized spacial score (nSPS) is 9.80. The van der Waals surface area contributed by atoms with E-state index in [9.17, 15) is 9.70 Å². The van der Waals surface area contributed by atoms with E-state index in [2.05, 4.69) is 5.29 Å². The highest BCUT2D eigenvalue weighted by Crippen LogP contribution is 2.02. The van der Waals surface area contributed by atoms with Crippen LogP contribution in [0.4, 0.5) is 4.79 Å². The molecule has 0 radical (unpaired) electrons. The Morgan fingerprint density at radius 2 is 1.47 bits per heavy atom. The summed E-state index contributed by atoms with van der Waals surface area (Å²) < 4.78 is 0. The Hall–Kier alpha value is -0.260. The van der Waals surface area contributed by atoms with Crippen molar-refractivity contribution in [2.45, 2.75) is 0 Å². The molecule has 15 heavy (non-hydrogen) atoms. The summed E-state index contributed by atoms with van der Waals surface area (Å²) >= 11 is 16.4. The minimum atomic E-state index is -0.521. The predicted octanol–water partition coefficient (Wildman–Crippen LogP) is 2.11. The fourth-order valence-electron chi connectivity index (χ4n) is 0.922. The molecule has 0 spiro atoms. The third kappa shape index (κ3) is 5.39. The molecule has 0 bridgehead atoms. The third-order valence-electron chi connectivity index (χ3n) is 1.60. The summed E-state index contributed by atoms with van der Waals surface area (Å²) in [7, 11) is 0. The molecule has 0 aliphatic rings. The second-order valence-corrected chi connectivity index (χ2v) is 3.68. The molecule has 0 saturated heterocycles. The number of carbonyl (C=O) groups excluding carboxylic acids is 1. The van der Waals surface area contributed by atoms with Crippen molar-refractivity contribution in [2.24, 2.45) is 5.29 Å². The Bertz CT molecular complexity index is 200. The first-order valence-corrected chi connectivity index (χ1v) is 5.89. The molecule has 8 heteroatoms. The van der Waals surface area contributed by atoms with E-state index < -0.39 is 6.03 Å². The number of nitroso groups, excluding NO2 is 1. The summed E-state index contributed by atoms with van der Waals surface area (Å²) in [6.07, 6.45) is 0. The van der Waals surface area contributed by atoms with E-state index in [0.29, 0.717) is 13.1 Å². The van der Waals surface area contributed by atoms with Crippen molar-refractivity contribution >= 4 is 40.8 Å². The Morgan fingerprint density at radius 3 is 1.80 bits per heavy atom. The number of carbonyl (C=O) groups is 1. The second kappa shape index (κ2) is 9.00. The number of urea groups is 1. The molecular weight excluding hydrogens is 264 g/mol. The molecular formula is C7H12Cl3N3O2. The topological polar surface area (TPSA) is 53.0 Å². The van der Waals surface area contributed by atoms with Crippen molar-refractivity contribution in [3.8, 4) is 0 Å². The average Bonchev–Trinajstić information content (AvgIpc) is 2.24. The first-order valence-electron chi connectivity index (χ1n) is 4.28. The maximum Gasteiger partial charge on any atom is 0.343 e. The monoisotopic (exact) mass is 275 g/mol. The van der Waals surface area contributed by atoms with Gasteiger partial charge in [-0.25, -0.2) is 4.79 Å². The standard InChI is InChI=1S/C7H12Cl3N3O2/c8-1-4-12(5-2-9)7(14)13(11-15)6-3-10/h1-6H2. The zero-order chi connectivity index (χ0) is 11.7. The summed E-state index contributed by atoms with van der Waals surface area (Å²) in [6, 6.07) is -0.521. The van der Waals surface area contributed by atoms with Gasteiger partial charge in [0.25, 0.3) is 0 Å². The van der Waals surface area contributed by atoms with Gasteiger partial charge < -0.3 is 4.90 Å². The van der Waals surface area contributed by atoms with E-state index >= 15 is 0 Å². The van der Waals surface area contributed by atoms with Gasteiger partial charge in [0.2, 0.25) is 0 Å². The molecule has 0 saturated carbocycles. The molecule has 0 aromatic heterocycles. The van der Waals surface area contributed by atoms with Crippen LogP contribution in [-0.2, 0) is 0 Å². The van der Waals surface area contributed by atoms with Crippen molar-refractivity contribution in [3.05, 3.63) is 4.91 Å². The lowest BCUT2D eigenvalue weighted by molar-refractivity contribution is 0.161. The SMILES string of the molecule is O=NN(CCCl)C(=O)N(CCCl)CCCl. The molecule has 0 aliphatic heterocycles. The molecule has 5 nitrogen and oxygen atoms in total. The molecule has 88 valence electrons. The van der Waals surface area contributed by atoms with Gasteiger partial charge in [-0.1, -0.05) is 0 Å². The largest absolute Gasteiger partial charge is 0.343 e. The summed E-state index contributed by atoms with van der Waals surface area (Å²) in [5.41, 5.74) is 0. The van der Waals surface area contributed by atoms with Crippen LogP contribution in [-0.4, -0.2) is 53.2 Å². The van der Waals surface area contributed by atoms with Crippen LogP contribution in [0.5, 0.6) is 0 Å². The number of hydrogen-bond donors (Lipinski definition) is 0. The van der Waals surface area contributed by atoms with Crippen molar-refractivity contribution in [1.29, 1.82) is 0 Å². The van der Waals surface area contributed by atoms with Crippen molar-refractivity contribution in [2.75, 3.05) is 37.3 Å². The average molecular weight is 277 g/mol. The number of alkyl halides is 3. The van der Waals surface area contributed by atoms with E-state index in [-0.39, 0.29) is 24.2 Å². The third-order valence-corrected chi connectivity index (χ3v) is 2.10. The first-order chi connectivity index (χ1) is 7.21. The van der Waals surface area contributed by atoms with E-state index in [1.807, 2.05) is 0 Å². The first kappa shape index (κ1) is 14.7. The lowest BCUT2D eigenvalue weighted by atomic mass is 10.5. The number of nitrogens with zero attached hydrogens (tertiary/aromatic N) is 3. The van der Waals surface area contributed by atoms with Crippen LogP contribution in [0.1, 0.15) is 0 Å². The van der Waals surface area contributed by atoms with E-state index in [1.54, 1.807) is 0 Å². The Morgan fingerprint density at radius 1 is 1.00 bits per heavy atom. The van der Waals surface area contributed by atoms with E-state index in [1.165, 1.54) is 4.90 Å². The Kier molecular flexibility index (Phi) is 8.85. The predicted molar refractivity (Wildman–Crippen MR) is 61.6 cm³/mol. The van der Waals surface area contributed by atoms with Crippen molar-refractivity contribution in [1.82, 2.24) is 9.91 Å². The van der Waals surface area contributed by atoms with Gasteiger partial charge in [-0.05, 0) is 0 Å². The highest BCUT2D eigenvalue weighted by atomic mass is 35.5. The molecule has 0 aromatic rings. The van der Waals surface area contributed by atoms with Gasteiger partial charge in [0, 0.05) is 30.7 Å². The molecule has 0 atom stereocenters. The molecule has 0 rings (SSSR count). The van der Waals surface area contributed by atoms with Gasteiger partial charge in [0.15, 0.2) is 0 Å². The molecule has 0 aliphatic carbocycles. The van der Waals surface area contributed by atoms with Gasteiger partial charge in [-0.15, -0.1) is 39.7 Å². The van der Waals surface area contributed by atoms with Crippen molar-refractivity contribution in [3.63, 3.8) is 0 Å². The number of hydrogen-bond acceptors (Lipinski definition) is 3. The van der Waals surface area contributed by atoms with Crippen LogP contribution in [0.2, 0.25) is 0 Å².